The molecule has 5 heteroatoms. The highest BCUT2D eigenvalue weighted by Crippen LogP contribution is 2.45. The van der Waals surface area contributed by atoms with Gasteiger partial charge in [-0.15, -0.1) is 0 Å². The Morgan fingerprint density at radius 3 is 2.38 bits per heavy atom. The maximum absolute atomic E-state index is 8.50. The van der Waals surface area contributed by atoms with Gasteiger partial charge in [-0.3, -0.25) is 0 Å². The lowest BCUT2D eigenvalue weighted by Crippen LogP contribution is -2.33. The molecule has 0 bridgehead atoms. The van der Waals surface area contributed by atoms with Gasteiger partial charge >= 0.3 is 0 Å². The molecule has 1 unspecified atom stereocenters. The van der Waals surface area contributed by atoms with Crippen LogP contribution in [-0.4, -0.2) is 30.0 Å². The summed E-state index contributed by atoms with van der Waals surface area (Å²) in [7, 11) is -1.16. The summed E-state index contributed by atoms with van der Waals surface area (Å²) < 4.78 is 20.5. The predicted octanol–water partition coefficient (Wildman–Crippen LogP) is 3.30. The first kappa shape index (κ1) is 13.9. The Labute approximate surface area is 102 Å². The summed E-state index contributed by atoms with van der Waals surface area (Å²) in [5, 5.41) is 8.50. The largest absolute Gasteiger partial charge is 0.322 e. The third-order valence-corrected chi connectivity index (χ3v) is 3.97. The van der Waals surface area contributed by atoms with Gasteiger partial charge in [0.05, 0.1) is 25.7 Å². The average Bonchev–Trinajstić information content (AvgIpc) is 2.24. The quantitative estimate of drug-likeness (QED) is 0.487. The molecule has 0 aromatic heterocycles. The lowest BCUT2D eigenvalue weighted by atomic mass is 10.3. The molecule has 1 atom stereocenters. The molecule has 0 saturated heterocycles. The van der Waals surface area contributed by atoms with Crippen molar-refractivity contribution in [2.75, 3.05) is 13.2 Å². The Morgan fingerprint density at radius 2 is 1.94 bits per heavy atom. The second-order valence-corrected chi connectivity index (χ2v) is 5.33. The van der Waals surface area contributed by atoms with Crippen molar-refractivity contribution in [2.45, 2.75) is 53.1 Å². The van der Waals surface area contributed by atoms with Gasteiger partial charge in [0.15, 0.2) is 0 Å². The fourth-order valence-electron chi connectivity index (χ4n) is 1.39. The molecule has 16 heavy (non-hydrogen) atoms. The lowest BCUT2D eigenvalue weighted by Gasteiger charge is -2.35. The Kier molecular flexibility index (Phi) is 7.71. The Hall–Kier alpha value is -0.200. The molecule has 4 nitrogen and oxygen atoms in total. The van der Waals surface area contributed by atoms with Gasteiger partial charge in [0.25, 0.3) is 8.53 Å². The first-order valence-corrected chi connectivity index (χ1v) is 6.68. The summed E-state index contributed by atoms with van der Waals surface area (Å²) in [6, 6.07) is 2.68. The van der Waals surface area contributed by atoms with E-state index < -0.39 is 8.53 Å². The molecule has 0 spiro atoms. The molecule has 0 amide bonds. The molecule has 0 heterocycles. The van der Waals surface area contributed by atoms with Crippen LogP contribution < -0.4 is 0 Å². The summed E-state index contributed by atoms with van der Waals surface area (Å²) >= 11 is 0. The second kappa shape index (κ2) is 8.90. The summed E-state index contributed by atoms with van der Waals surface area (Å²) in [6.07, 6.45) is 0.368. The van der Waals surface area contributed by atoms with Crippen LogP contribution in [-0.2, 0) is 9.05 Å². The molecule has 0 aliphatic carbocycles. The molecular formula is C11H23N2O2P. The van der Waals surface area contributed by atoms with E-state index in [0.717, 1.165) is 0 Å². The standard InChI is InChI=1S/C11H23N2O2P/c1-6-14-16(15-9-7-8-12)13(10(2)3)11(4)5/h10-11H,6-7,9H2,1-5H3/i1D. The van der Waals surface area contributed by atoms with E-state index in [1.165, 1.54) is 0 Å². The van der Waals surface area contributed by atoms with Crippen molar-refractivity contribution in [3.05, 3.63) is 0 Å². The van der Waals surface area contributed by atoms with Crippen molar-refractivity contribution in [1.29, 1.82) is 5.26 Å². The van der Waals surface area contributed by atoms with Crippen molar-refractivity contribution < 1.29 is 10.4 Å². The molecule has 0 saturated carbocycles. The van der Waals surface area contributed by atoms with E-state index in [4.69, 9.17) is 15.7 Å². The van der Waals surface area contributed by atoms with E-state index >= 15 is 0 Å². The fraction of sp³-hybridized carbons (Fsp3) is 0.909. The maximum Gasteiger partial charge on any atom is 0.259 e. The van der Waals surface area contributed by atoms with Gasteiger partial charge in [-0.25, -0.2) is 4.67 Å². The van der Waals surface area contributed by atoms with Gasteiger partial charge in [0, 0.05) is 13.5 Å². The Balaban J connectivity index is 4.44. The summed E-state index contributed by atoms with van der Waals surface area (Å²) in [6.45, 7) is 9.34. The minimum Gasteiger partial charge on any atom is -0.322 e. The summed E-state index contributed by atoms with van der Waals surface area (Å²) in [5.41, 5.74) is 0. The van der Waals surface area contributed by atoms with E-state index in [-0.39, 0.29) is 6.90 Å². The van der Waals surface area contributed by atoms with Crippen molar-refractivity contribution in [3.63, 3.8) is 0 Å². The first-order chi connectivity index (χ1) is 8.04. The van der Waals surface area contributed by atoms with Gasteiger partial charge in [-0.2, -0.15) is 5.26 Å². The maximum atomic E-state index is 8.50. The molecule has 0 fully saturated rings. The third-order valence-electron chi connectivity index (χ3n) is 1.86. The monoisotopic (exact) mass is 247 g/mol. The highest BCUT2D eigenvalue weighted by Gasteiger charge is 2.26. The molecule has 0 radical (unpaired) electrons. The number of nitrogens with zero attached hydrogens (tertiary/aromatic N) is 2. The number of hydrogen-bond acceptors (Lipinski definition) is 4. The van der Waals surface area contributed by atoms with Crippen LogP contribution in [0.4, 0.5) is 0 Å². The number of nitriles is 1. The SMILES string of the molecule is [2H]CCOP(OCCC#N)N(C(C)C)C(C)C. The second-order valence-electron chi connectivity index (χ2n) is 3.88. The van der Waals surface area contributed by atoms with E-state index in [9.17, 15) is 0 Å². The summed E-state index contributed by atoms with van der Waals surface area (Å²) in [4.78, 5) is 0. The minimum atomic E-state index is -1.16. The molecule has 0 rings (SSSR count). The molecule has 0 N–H and O–H groups in total. The molecular weight excluding hydrogens is 223 g/mol. The molecule has 94 valence electrons. The van der Waals surface area contributed by atoms with E-state index in [1.807, 2.05) is 0 Å². The van der Waals surface area contributed by atoms with Crippen LogP contribution in [0.5, 0.6) is 0 Å². The topological polar surface area (TPSA) is 45.5 Å². The zero-order valence-corrected chi connectivity index (χ0v) is 11.5. The molecule has 0 aromatic rings. The molecule has 0 aromatic carbocycles. The van der Waals surface area contributed by atoms with Crippen LogP contribution in [0.3, 0.4) is 0 Å². The van der Waals surface area contributed by atoms with Crippen molar-refractivity contribution in [3.8, 4) is 6.07 Å². The Bertz CT molecular complexity index is 226. The van der Waals surface area contributed by atoms with Crippen LogP contribution in [0.15, 0.2) is 0 Å². The van der Waals surface area contributed by atoms with Crippen molar-refractivity contribution in [2.24, 2.45) is 0 Å². The fourth-order valence-corrected chi connectivity index (χ4v) is 2.89. The van der Waals surface area contributed by atoms with Crippen molar-refractivity contribution >= 4 is 8.53 Å². The van der Waals surface area contributed by atoms with Crippen LogP contribution in [0.25, 0.3) is 0 Å². The average molecular weight is 247 g/mol. The number of rotatable bonds is 8. The van der Waals surface area contributed by atoms with Crippen LogP contribution in [0.2, 0.25) is 0 Å². The smallest absolute Gasteiger partial charge is 0.259 e. The summed E-state index contributed by atoms with van der Waals surface area (Å²) in [5.74, 6) is 0. The lowest BCUT2D eigenvalue weighted by molar-refractivity contribution is 0.182. The predicted molar refractivity (Wildman–Crippen MR) is 66.8 cm³/mol. The molecule has 0 aliphatic heterocycles. The highest BCUT2D eigenvalue weighted by molar-refractivity contribution is 7.44. The van der Waals surface area contributed by atoms with Gasteiger partial charge in [-0.05, 0) is 34.6 Å². The third kappa shape index (κ3) is 5.77. The van der Waals surface area contributed by atoms with E-state index in [2.05, 4.69) is 38.4 Å². The first-order valence-electron chi connectivity index (χ1n) is 6.25. The van der Waals surface area contributed by atoms with Gasteiger partial charge in [0.2, 0.25) is 0 Å². The minimum absolute atomic E-state index is 0.227. The molecule has 0 aliphatic rings. The van der Waals surface area contributed by atoms with Crippen LogP contribution >= 0.6 is 8.53 Å². The van der Waals surface area contributed by atoms with Crippen molar-refractivity contribution in [1.82, 2.24) is 4.67 Å². The Morgan fingerprint density at radius 1 is 1.31 bits per heavy atom. The van der Waals surface area contributed by atoms with E-state index in [0.29, 0.717) is 31.7 Å². The van der Waals surface area contributed by atoms with Gasteiger partial charge in [0.1, 0.15) is 0 Å². The number of hydrogen-bond donors (Lipinski definition) is 0. The highest BCUT2D eigenvalue weighted by atomic mass is 31.2. The zero-order chi connectivity index (χ0) is 13.3. The van der Waals surface area contributed by atoms with Gasteiger partial charge in [-0.1, -0.05) is 0 Å². The normalized spacial score (nSPS) is 14.2. The van der Waals surface area contributed by atoms with Gasteiger partial charge < -0.3 is 9.05 Å². The van der Waals surface area contributed by atoms with Crippen LogP contribution in [0, 0.1) is 11.3 Å². The zero-order valence-electron chi connectivity index (χ0n) is 11.6. The van der Waals surface area contributed by atoms with E-state index in [1.54, 1.807) is 0 Å². The van der Waals surface area contributed by atoms with Crippen LogP contribution in [0.1, 0.15) is 42.4 Å².